The first-order chi connectivity index (χ1) is 10.1. The first kappa shape index (κ1) is 13.4. The van der Waals surface area contributed by atoms with Crippen molar-refractivity contribution in [2.75, 3.05) is 0 Å². The Kier molecular flexibility index (Phi) is 3.43. The number of nitrogens with one attached hydrogen (secondary N) is 2. The van der Waals surface area contributed by atoms with E-state index in [0.29, 0.717) is 5.56 Å². The van der Waals surface area contributed by atoms with Gasteiger partial charge in [-0.2, -0.15) is 5.10 Å². The molecule has 2 atom stereocenters. The van der Waals surface area contributed by atoms with Gasteiger partial charge in [0.2, 0.25) is 5.91 Å². The maximum absolute atomic E-state index is 12.0. The molecule has 6 heteroatoms. The Labute approximate surface area is 122 Å². The Balaban J connectivity index is 1.51. The van der Waals surface area contributed by atoms with Crippen molar-refractivity contribution in [1.82, 2.24) is 20.6 Å². The van der Waals surface area contributed by atoms with Crippen LogP contribution in [0.3, 0.4) is 0 Å². The van der Waals surface area contributed by atoms with Gasteiger partial charge in [-0.1, -0.05) is 18.2 Å². The molecule has 0 bridgehead atoms. The van der Waals surface area contributed by atoms with Crippen LogP contribution in [0.4, 0.5) is 0 Å². The molecule has 2 unspecified atom stereocenters. The lowest BCUT2D eigenvalue weighted by atomic mass is 10.2. The summed E-state index contributed by atoms with van der Waals surface area (Å²) in [6.45, 7) is 0. The number of amides is 2. The molecular formula is C15H16N4O2. The number of carbonyl (C=O) groups excluding carboxylic acids is 2. The van der Waals surface area contributed by atoms with Crippen LogP contribution in [0, 0.1) is 5.92 Å². The molecule has 0 saturated heterocycles. The average Bonchev–Trinajstić information content (AvgIpc) is 3.20. The molecule has 0 radical (unpaired) electrons. The molecule has 1 aliphatic carbocycles. The third kappa shape index (κ3) is 2.94. The molecule has 2 N–H and O–H groups in total. The first-order valence-corrected chi connectivity index (χ1v) is 6.79. The molecule has 108 valence electrons. The van der Waals surface area contributed by atoms with Gasteiger partial charge in [-0.25, -0.2) is 0 Å². The van der Waals surface area contributed by atoms with Crippen LogP contribution in [0.5, 0.6) is 0 Å². The van der Waals surface area contributed by atoms with Crippen molar-refractivity contribution in [3.63, 3.8) is 0 Å². The molecule has 6 nitrogen and oxygen atoms in total. The molecule has 2 amide bonds. The van der Waals surface area contributed by atoms with E-state index in [0.717, 1.165) is 12.0 Å². The van der Waals surface area contributed by atoms with E-state index in [4.69, 9.17) is 0 Å². The van der Waals surface area contributed by atoms with Crippen LogP contribution >= 0.6 is 0 Å². The number of hydrogen-bond donors (Lipinski definition) is 2. The molecule has 1 saturated carbocycles. The van der Waals surface area contributed by atoms with Crippen molar-refractivity contribution in [1.29, 1.82) is 0 Å². The van der Waals surface area contributed by atoms with E-state index in [-0.39, 0.29) is 23.7 Å². The van der Waals surface area contributed by atoms with Crippen LogP contribution in [-0.4, -0.2) is 21.6 Å². The Morgan fingerprint density at radius 3 is 2.67 bits per heavy atom. The van der Waals surface area contributed by atoms with E-state index >= 15 is 0 Å². The van der Waals surface area contributed by atoms with Gasteiger partial charge in [0.25, 0.3) is 5.91 Å². The maximum atomic E-state index is 12.0. The van der Waals surface area contributed by atoms with Crippen LogP contribution in [0.2, 0.25) is 0 Å². The van der Waals surface area contributed by atoms with Gasteiger partial charge in [0.05, 0.1) is 6.20 Å². The lowest BCUT2D eigenvalue weighted by Gasteiger charge is -2.06. The summed E-state index contributed by atoms with van der Waals surface area (Å²) in [7, 11) is 1.85. The lowest BCUT2D eigenvalue weighted by molar-refractivity contribution is -0.123. The van der Waals surface area contributed by atoms with Gasteiger partial charge < -0.3 is 0 Å². The van der Waals surface area contributed by atoms with Crippen molar-refractivity contribution < 1.29 is 9.59 Å². The van der Waals surface area contributed by atoms with Crippen molar-refractivity contribution in [2.24, 2.45) is 13.0 Å². The van der Waals surface area contributed by atoms with Crippen LogP contribution < -0.4 is 10.9 Å². The number of carbonyl (C=O) groups is 2. The molecule has 3 rings (SSSR count). The summed E-state index contributed by atoms with van der Waals surface area (Å²) in [5.41, 5.74) is 6.50. The number of nitrogens with zero attached hydrogens (tertiary/aromatic N) is 2. The third-order valence-electron chi connectivity index (χ3n) is 3.62. The molecule has 0 spiro atoms. The number of rotatable bonds is 3. The highest BCUT2D eigenvalue weighted by Crippen LogP contribution is 2.47. The molecule has 1 aliphatic rings. The largest absolute Gasteiger partial charge is 0.276 e. The quantitative estimate of drug-likeness (QED) is 0.825. The Morgan fingerprint density at radius 1 is 1.24 bits per heavy atom. The van der Waals surface area contributed by atoms with E-state index in [2.05, 4.69) is 16.0 Å². The van der Waals surface area contributed by atoms with Gasteiger partial charge in [0.15, 0.2) is 0 Å². The van der Waals surface area contributed by atoms with Gasteiger partial charge in [0.1, 0.15) is 0 Å². The highest BCUT2D eigenvalue weighted by molar-refractivity contribution is 5.95. The number of benzene rings is 1. The van der Waals surface area contributed by atoms with Gasteiger partial charge >= 0.3 is 0 Å². The van der Waals surface area contributed by atoms with Gasteiger partial charge in [0, 0.05) is 24.7 Å². The van der Waals surface area contributed by atoms with Crippen LogP contribution in [0.15, 0.2) is 42.7 Å². The van der Waals surface area contributed by atoms with Crippen molar-refractivity contribution in [2.45, 2.75) is 12.3 Å². The average molecular weight is 284 g/mol. The minimum Gasteiger partial charge on any atom is -0.276 e. The molecule has 0 aliphatic heterocycles. The van der Waals surface area contributed by atoms with E-state index in [1.165, 1.54) is 0 Å². The van der Waals surface area contributed by atoms with E-state index in [1.54, 1.807) is 35.1 Å². The van der Waals surface area contributed by atoms with Crippen LogP contribution in [0.25, 0.3) is 0 Å². The summed E-state index contributed by atoms with van der Waals surface area (Å²) in [6, 6.07) is 8.76. The summed E-state index contributed by atoms with van der Waals surface area (Å²) in [5, 5.41) is 4.10. The zero-order valence-corrected chi connectivity index (χ0v) is 11.6. The second-order valence-corrected chi connectivity index (χ2v) is 5.21. The van der Waals surface area contributed by atoms with Gasteiger partial charge in [-0.05, 0) is 30.0 Å². The molecule has 1 fully saturated rings. The summed E-state index contributed by atoms with van der Waals surface area (Å²) in [6.07, 6.45) is 4.49. The third-order valence-corrected chi connectivity index (χ3v) is 3.62. The summed E-state index contributed by atoms with van der Waals surface area (Å²) >= 11 is 0. The number of hydrogen-bond acceptors (Lipinski definition) is 3. The number of hydrazine groups is 1. The Bertz CT molecular complexity index is 665. The smallest absolute Gasteiger partial charge is 0.269 e. The molecule has 21 heavy (non-hydrogen) atoms. The van der Waals surface area contributed by atoms with Crippen LogP contribution in [-0.2, 0) is 11.8 Å². The van der Waals surface area contributed by atoms with Crippen molar-refractivity contribution in [3.8, 4) is 0 Å². The molecule has 1 aromatic heterocycles. The fourth-order valence-corrected chi connectivity index (χ4v) is 2.36. The van der Waals surface area contributed by atoms with Crippen molar-refractivity contribution >= 4 is 11.8 Å². The number of aromatic nitrogens is 2. The summed E-state index contributed by atoms with van der Waals surface area (Å²) < 4.78 is 1.72. The highest BCUT2D eigenvalue weighted by Gasteiger charge is 2.44. The minimum absolute atomic E-state index is 0.0923. The van der Waals surface area contributed by atoms with Crippen molar-refractivity contribution in [3.05, 3.63) is 53.9 Å². The molecule has 1 aromatic carbocycles. The SMILES string of the molecule is Cn1cc(C2CC2C(=O)NNC(=O)c2ccccc2)cn1. The fraction of sp³-hybridized carbons (Fsp3) is 0.267. The van der Waals surface area contributed by atoms with Gasteiger partial charge in [-0.15, -0.1) is 0 Å². The monoisotopic (exact) mass is 284 g/mol. The summed E-state index contributed by atoms with van der Waals surface area (Å²) in [5.74, 6) is -0.367. The second kappa shape index (κ2) is 5.40. The van der Waals surface area contributed by atoms with E-state index in [9.17, 15) is 9.59 Å². The maximum Gasteiger partial charge on any atom is 0.269 e. The standard InChI is InChI=1S/C15H16N4O2/c1-19-9-11(8-16-19)12-7-13(12)15(21)18-17-14(20)10-5-3-2-4-6-10/h2-6,8-9,12-13H,7H2,1H3,(H,17,20)(H,18,21). The second-order valence-electron chi connectivity index (χ2n) is 5.21. The van der Waals surface area contributed by atoms with E-state index in [1.807, 2.05) is 19.3 Å². The fourth-order valence-electron chi connectivity index (χ4n) is 2.36. The predicted molar refractivity (Wildman–Crippen MR) is 76.1 cm³/mol. The zero-order valence-electron chi connectivity index (χ0n) is 11.6. The molecular weight excluding hydrogens is 268 g/mol. The molecule has 2 aromatic rings. The topological polar surface area (TPSA) is 76.0 Å². The Morgan fingerprint density at radius 2 is 2.00 bits per heavy atom. The van der Waals surface area contributed by atoms with Crippen LogP contribution in [0.1, 0.15) is 28.3 Å². The predicted octanol–water partition coefficient (Wildman–Crippen LogP) is 0.985. The summed E-state index contributed by atoms with van der Waals surface area (Å²) in [4.78, 5) is 23.8. The van der Waals surface area contributed by atoms with E-state index < -0.39 is 0 Å². The molecule has 1 heterocycles. The minimum atomic E-state index is -0.317. The zero-order chi connectivity index (χ0) is 14.8. The highest BCUT2D eigenvalue weighted by atomic mass is 16.2. The number of aryl methyl sites for hydroxylation is 1. The first-order valence-electron chi connectivity index (χ1n) is 6.79. The normalized spacial score (nSPS) is 19.9. The van der Waals surface area contributed by atoms with Gasteiger partial charge in [-0.3, -0.25) is 25.1 Å². The Hall–Kier alpha value is -2.63. The lowest BCUT2D eigenvalue weighted by Crippen LogP contribution is -2.42.